The molecule has 0 aromatic carbocycles. The molecule has 0 aromatic rings. The summed E-state index contributed by atoms with van der Waals surface area (Å²) in [5.74, 6) is 0.953. The van der Waals surface area contributed by atoms with E-state index in [1.165, 1.54) is 206 Å². The van der Waals surface area contributed by atoms with E-state index in [9.17, 15) is 9.59 Å². The second-order valence-corrected chi connectivity index (χ2v) is 27.1. The number of hydrogen-bond acceptors (Lipinski definition) is 10. The number of hydrogen-bond donors (Lipinski definition) is 10. The van der Waals surface area contributed by atoms with Crippen LogP contribution in [0.4, 0.5) is 0 Å². The van der Waals surface area contributed by atoms with Crippen LogP contribution >= 0.6 is 0 Å². The summed E-state index contributed by atoms with van der Waals surface area (Å²) in [6.45, 7) is 25.2. The van der Waals surface area contributed by atoms with Gasteiger partial charge in [0.15, 0.2) is 0 Å². The summed E-state index contributed by atoms with van der Waals surface area (Å²) >= 11 is 0. The molecule has 0 radical (unpaired) electrons. The minimum absolute atomic E-state index is 0.118. The molecule has 14 N–H and O–H groups in total. The van der Waals surface area contributed by atoms with E-state index in [1.54, 1.807) is 0 Å². The number of quaternary nitrogens is 2. The van der Waals surface area contributed by atoms with Gasteiger partial charge < -0.3 is 63.8 Å². The van der Waals surface area contributed by atoms with E-state index in [0.717, 1.165) is 126 Å². The van der Waals surface area contributed by atoms with Crippen LogP contribution in [0, 0.1) is 11.8 Å². The van der Waals surface area contributed by atoms with Crippen molar-refractivity contribution in [3.05, 3.63) is 24.3 Å². The fourth-order valence-electron chi connectivity index (χ4n) is 12.5. The van der Waals surface area contributed by atoms with Gasteiger partial charge in [0, 0.05) is 37.8 Å². The molecule has 6 atom stereocenters. The highest BCUT2D eigenvalue weighted by Gasteiger charge is 2.29. The zero-order chi connectivity index (χ0) is 63.1. The summed E-state index contributed by atoms with van der Waals surface area (Å²) in [6, 6.07) is -0.416. The molecular formula is C72H152N12O2+2. The highest BCUT2D eigenvalue weighted by Crippen LogP contribution is 2.20. The fraction of sp³-hybridized carbons (Fsp3) is 0.917. The Labute approximate surface area is 534 Å². The monoisotopic (exact) mass is 1220 g/mol. The quantitative estimate of drug-likeness (QED) is 0.0158. The minimum atomic E-state index is -0.208. The SMILES string of the molecule is CCCCCCCCC=CCCCCCCCC[N+](C)(CCCC[N+](C)(CCCCCCCCC=CCCCCCCCC)CC(C)CNC(=O)C(CCCNCCCN)NCCCN)CC(C)CNC(=O)C(CCCNCCCN)NCCCN. The molecule has 0 aliphatic heterocycles. The van der Waals surface area contributed by atoms with Crippen LogP contribution < -0.4 is 54.8 Å². The minimum Gasteiger partial charge on any atom is -0.354 e. The number of allylic oxidation sites excluding steroid dienone is 4. The molecule has 510 valence electrons. The van der Waals surface area contributed by atoms with Crippen molar-refractivity contribution in [2.45, 2.75) is 284 Å². The van der Waals surface area contributed by atoms with Crippen molar-refractivity contribution in [2.75, 3.05) is 132 Å². The molecule has 6 unspecified atom stereocenters. The van der Waals surface area contributed by atoms with E-state index in [2.05, 4.69) is 98.0 Å². The smallest absolute Gasteiger partial charge is 0.237 e. The lowest BCUT2D eigenvalue weighted by molar-refractivity contribution is -0.918. The highest BCUT2D eigenvalue weighted by atomic mass is 16.2. The maximum Gasteiger partial charge on any atom is 0.237 e. The summed E-state index contributed by atoms with van der Waals surface area (Å²) in [7, 11) is 5.01. The first kappa shape index (κ1) is 84.0. The topological polar surface area (TPSA) is 210 Å². The van der Waals surface area contributed by atoms with Gasteiger partial charge in [-0.05, 0) is 194 Å². The number of nitrogens with zero attached hydrogens (tertiary/aromatic N) is 2. The number of carbonyl (C=O) groups excluding carboxylic acids is 2. The van der Waals surface area contributed by atoms with Gasteiger partial charge in [0.2, 0.25) is 11.8 Å². The molecule has 0 saturated heterocycles. The van der Waals surface area contributed by atoms with Crippen molar-refractivity contribution in [3.63, 3.8) is 0 Å². The van der Waals surface area contributed by atoms with Gasteiger partial charge in [0.25, 0.3) is 0 Å². The third-order valence-electron chi connectivity index (χ3n) is 17.8. The zero-order valence-electron chi connectivity index (χ0n) is 58.2. The van der Waals surface area contributed by atoms with Crippen molar-refractivity contribution >= 4 is 11.8 Å². The third-order valence-corrected chi connectivity index (χ3v) is 17.8. The van der Waals surface area contributed by atoms with Crippen LogP contribution in [0.15, 0.2) is 24.3 Å². The van der Waals surface area contributed by atoms with E-state index < -0.39 is 0 Å². The molecule has 0 fully saturated rings. The Morgan fingerprint density at radius 3 is 0.942 bits per heavy atom. The first-order chi connectivity index (χ1) is 41.9. The van der Waals surface area contributed by atoms with Gasteiger partial charge in [-0.2, -0.15) is 0 Å². The molecule has 14 nitrogen and oxygen atoms in total. The van der Waals surface area contributed by atoms with Gasteiger partial charge in [0.05, 0.1) is 65.4 Å². The van der Waals surface area contributed by atoms with E-state index in [1.807, 2.05) is 0 Å². The summed E-state index contributed by atoms with van der Waals surface area (Å²) in [5, 5.41) is 20.8. The Hall–Kier alpha value is -1.98. The summed E-state index contributed by atoms with van der Waals surface area (Å²) < 4.78 is 2.11. The van der Waals surface area contributed by atoms with Gasteiger partial charge in [-0.25, -0.2) is 0 Å². The predicted molar refractivity (Wildman–Crippen MR) is 377 cm³/mol. The maximum absolute atomic E-state index is 13.8. The Balaban J connectivity index is 5.90. The van der Waals surface area contributed by atoms with Crippen molar-refractivity contribution in [3.8, 4) is 0 Å². The Kier molecular flexibility index (Phi) is 61.7. The molecule has 0 rings (SSSR count). The van der Waals surface area contributed by atoms with E-state index in [0.29, 0.717) is 51.1 Å². The normalized spacial score (nSPS) is 14.9. The highest BCUT2D eigenvalue weighted by molar-refractivity contribution is 5.82. The molecule has 0 spiro atoms. The van der Waals surface area contributed by atoms with Crippen LogP contribution in [0.25, 0.3) is 0 Å². The molecular weight excluding hydrogens is 1060 g/mol. The average molecular weight is 1220 g/mol. The summed E-state index contributed by atoms with van der Waals surface area (Å²) in [5.41, 5.74) is 23.1. The predicted octanol–water partition coefficient (Wildman–Crippen LogP) is 12.3. The molecule has 0 aliphatic carbocycles. The summed E-state index contributed by atoms with van der Waals surface area (Å²) in [4.78, 5) is 27.5. The molecule has 0 aromatic heterocycles. The molecule has 14 heteroatoms. The molecule has 0 heterocycles. The second kappa shape index (κ2) is 63.2. The first-order valence-electron chi connectivity index (χ1n) is 37.1. The van der Waals surface area contributed by atoms with Crippen molar-refractivity contribution in [2.24, 2.45) is 34.8 Å². The van der Waals surface area contributed by atoms with Crippen molar-refractivity contribution in [1.29, 1.82) is 0 Å². The van der Waals surface area contributed by atoms with Gasteiger partial charge in [-0.3, -0.25) is 9.59 Å². The Morgan fingerprint density at radius 1 is 0.360 bits per heavy atom. The third kappa shape index (κ3) is 54.9. The van der Waals surface area contributed by atoms with Crippen LogP contribution in [0.1, 0.15) is 272 Å². The number of rotatable bonds is 69. The number of amides is 2. The molecule has 0 saturated carbocycles. The maximum atomic E-state index is 13.8. The van der Waals surface area contributed by atoms with E-state index in [4.69, 9.17) is 22.9 Å². The van der Waals surface area contributed by atoms with Gasteiger partial charge in [0.1, 0.15) is 0 Å². The molecule has 2 amide bonds. The molecule has 86 heavy (non-hydrogen) atoms. The Morgan fingerprint density at radius 2 is 0.628 bits per heavy atom. The van der Waals surface area contributed by atoms with E-state index in [-0.39, 0.29) is 23.9 Å². The number of carbonyl (C=O) groups is 2. The van der Waals surface area contributed by atoms with Crippen LogP contribution in [0.3, 0.4) is 0 Å². The zero-order valence-corrected chi connectivity index (χ0v) is 58.2. The lowest BCUT2D eigenvalue weighted by Crippen LogP contribution is -2.52. The van der Waals surface area contributed by atoms with Gasteiger partial charge >= 0.3 is 0 Å². The van der Waals surface area contributed by atoms with Crippen LogP contribution in [-0.4, -0.2) is 165 Å². The number of nitrogens with two attached hydrogens (primary N) is 4. The average Bonchev–Trinajstić information content (AvgIpc) is 3.67. The van der Waals surface area contributed by atoms with E-state index >= 15 is 0 Å². The van der Waals surface area contributed by atoms with Crippen molar-refractivity contribution in [1.82, 2.24) is 31.9 Å². The van der Waals surface area contributed by atoms with Gasteiger partial charge in [-0.1, -0.05) is 155 Å². The van der Waals surface area contributed by atoms with Gasteiger partial charge in [-0.15, -0.1) is 0 Å². The molecule has 0 aliphatic rings. The Bertz CT molecular complexity index is 1400. The van der Waals surface area contributed by atoms with Crippen LogP contribution in [0.5, 0.6) is 0 Å². The van der Waals surface area contributed by atoms with Crippen LogP contribution in [0.2, 0.25) is 0 Å². The number of unbranched alkanes of at least 4 members (excludes halogenated alkanes) is 25. The second-order valence-electron chi connectivity index (χ2n) is 27.1. The summed E-state index contributed by atoms with van der Waals surface area (Å²) in [6.07, 6.45) is 56.3. The lowest BCUT2D eigenvalue weighted by Gasteiger charge is -2.39. The first-order valence-corrected chi connectivity index (χ1v) is 37.1. The van der Waals surface area contributed by atoms with Crippen LogP contribution in [-0.2, 0) is 9.59 Å². The fourth-order valence-corrected chi connectivity index (χ4v) is 12.5. The number of nitrogens with one attached hydrogen (secondary N) is 6. The van der Waals surface area contributed by atoms with Crippen molar-refractivity contribution < 1.29 is 18.6 Å². The molecule has 0 bridgehead atoms. The lowest BCUT2D eigenvalue weighted by atomic mass is 10.0. The largest absolute Gasteiger partial charge is 0.354 e. The standard InChI is InChI=1S/C72H150N12O2/c1-7-9-11-13-15-17-19-21-23-25-27-29-31-33-35-37-59-83(5,65-67(3)63-81-71(85)69(79-57-45-51-75)47-41-53-77-55-43-49-73)61-39-40-62-84(6,60-38-36-34-32-30-28-26-24-22-20-18-16-14-12-10-8-2)66-68(4)64-82-72(86)70(80-58-46-52-76)48-42-54-78-56-44-50-74/h21-24,67-70,77-80H,7-20,25-66,73-76H2,1-6H3/p+2.